The lowest BCUT2D eigenvalue weighted by Crippen LogP contribution is -2.49. The Morgan fingerprint density at radius 2 is 2.33 bits per heavy atom. The third-order valence-electron chi connectivity index (χ3n) is 3.01. The first-order valence-electron chi connectivity index (χ1n) is 7.04. The van der Waals surface area contributed by atoms with Gasteiger partial charge in [-0.3, -0.25) is 10.1 Å². The Balaban J connectivity index is 2.42. The van der Waals surface area contributed by atoms with Gasteiger partial charge in [-0.15, -0.1) is 0 Å². The van der Waals surface area contributed by atoms with Crippen LogP contribution in [0, 0.1) is 0 Å². The molecule has 2 atom stereocenters. The lowest BCUT2D eigenvalue weighted by atomic mass is 10.2. The zero-order valence-corrected chi connectivity index (χ0v) is 13.5. The van der Waals surface area contributed by atoms with Crippen LogP contribution in [0.25, 0.3) is 0 Å². The van der Waals surface area contributed by atoms with Crippen molar-refractivity contribution in [3.8, 4) is 0 Å². The van der Waals surface area contributed by atoms with Crippen molar-refractivity contribution < 1.29 is 8.98 Å². The van der Waals surface area contributed by atoms with Crippen molar-refractivity contribution in [3.63, 3.8) is 0 Å². The average Bonchev–Trinajstić information content (AvgIpc) is 2.50. The average molecular weight is 308 g/mol. The molecule has 5 heteroatoms. The topological polar surface area (TPSA) is 50.4 Å². The molecule has 1 fully saturated rings. The summed E-state index contributed by atoms with van der Waals surface area (Å²) >= 11 is 1.39. The molecule has 0 aromatic carbocycles. The highest BCUT2D eigenvalue weighted by Crippen LogP contribution is 2.18. The molecule has 0 aromatic heterocycles. The fraction of sp³-hybridized carbons (Fsp3) is 0.438. The minimum atomic E-state index is -0.0885. The van der Waals surface area contributed by atoms with Crippen molar-refractivity contribution in [1.29, 1.82) is 0 Å². The molecule has 0 spiro atoms. The number of allylic oxidation sites excluding steroid dienone is 4. The lowest BCUT2D eigenvalue weighted by Gasteiger charge is -2.28. The molecule has 2 N–H and O–H groups in total. The molecule has 1 amide bonds. The van der Waals surface area contributed by atoms with E-state index in [4.69, 9.17) is 4.18 Å². The smallest absolute Gasteiger partial charge is 0.246 e. The van der Waals surface area contributed by atoms with Crippen LogP contribution in [0.4, 0.5) is 0 Å². The van der Waals surface area contributed by atoms with Crippen LogP contribution < -0.4 is 10.6 Å². The van der Waals surface area contributed by atoms with Gasteiger partial charge in [-0.25, -0.2) is 0 Å². The zero-order chi connectivity index (χ0) is 15.7. The normalized spacial score (nSPS) is 23.0. The number of hydrogen-bond acceptors (Lipinski definition) is 4. The third kappa shape index (κ3) is 6.80. The Hall–Kier alpha value is -1.30. The van der Waals surface area contributed by atoms with Crippen LogP contribution in [0.2, 0.25) is 0 Å². The lowest BCUT2D eigenvalue weighted by molar-refractivity contribution is -0.117. The van der Waals surface area contributed by atoms with E-state index < -0.39 is 0 Å². The molecule has 1 saturated heterocycles. The Labute approximate surface area is 131 Å². The van der Waals surface area contributed by atoms with Crippen molar-refractivity contribution in [1.82, 2.24) is 10.6 Å². The summed E-state index contributed by atoms with van der Waals surface area (Å²) in [5.74, 6) is -0.0885. The first-order chi connectivity index (χ1) is 10.1. The van der Waals surface area contributed by atoms with Crippen LogP contribution in [0.15, 0.2) is 48.6 Å². The summed E-state index contributed by atoms with van der Waals surface area (Å²) in [5.41, 5.74) is 1.73. The van der Waals surface area contributed by atoms with Gasteiger partial charge in [0.2, 0.25) is 5.91 Å². The maximum absolute atomic E-state index is 11.7. The third-order valence-corrected chi connectivity index (χ3v) is 3.79. The van der Waals surface area contributed by atoms with Gasteiger partial charge in [0.05, 0.1) is 18.0 Å². The molecular weight excluding hydrogens is 284 g/mol. The molecule has 21 heavy (non-hydrogen) atoms. The van der Waals surface area contributed by atoms with E-state index in [9.17, 15) is 4.79 Å². The van der Waals surface area contributed by atoms with Gasteiger partial charge in [0, 0.05) is 24.2 Å². The van der Waals surface area contributed by atoms with Crippen molar-refractivity contribution in [2.45, 2.75) is 31.7 Å². The van der Waals surface area contributed by atoms with E-state index in [0.29, 0.717) is 25.1 Å². The van der Waals surface area contributed by atoms with E-state index in [2.05, 4.69) is 23.8 Å². The first-order valence-corrected chi connectivity index (χ1v) is 7.85. The van der Waals surface area contributed by atoms with Crippen LogP contribution >= 0.6 is 12.0 Å². The molecular formula is C16H24N2O2S. The largest absolute Gasteiger partial charge is 0.351 e. The second-order valence-corrected chi connectivity index (χ2v) is 5.77. The Bertz CT molecular complexity index is 444. The van der Waals surface area contributed by atoms with Gasteiger partial charge < -0.3 is 9.50 Å². The summed E-state index contributed by atoms with van der Waals surface area (Å²) in [7, 11) is 0. The van der Waals surface area contributed by atoms with Gasteiger partial charge in [0.25, 0.3) is 0 Å². The van der Waals surface area contributed by atoms with Crippen molar-refractivity contribution >= 4 is 17.9 Å². The number of carbonyl (C=O) groups excluding carboxylic acids is 1. The molecule has 1 aliphatic heterocycles. The van der Waals surface area contributed by atoms with Crippen molar-refractivity contribution in [2.75, 3.05) is 13.2 Å². The molecule has 0 aromatic rings. The quantitative estimate of drug-likeness (QED) is 0.431. The first kappa shape index (κ1) is 17.8. The van der Waals surface area contributed by atoms with Crippen LogP contribution in [-0.4, -0.2) is 30.5 Å². The summed E-state index contributed by atoms with van der Waals surface area (Å²) < 4.78 is 5.50. The number of amides is 1. The highest BCUT2D eigenvalue weighted by molar-refractivity contribution is 7.95. The second kappa shape index (κ2) is 9.60. The van der Waals surface area contributed by atoms with Crippen molar-refractivity contribution in [3.05, 3.63) is 48.6 Å². The summed E-state index contributed by atoms with van der Waals surface area (Å²) in [4.78, 5) is 11.7. The summed E-state index contributed by atoms with van der Waals surface area (Å²) in [6.45, 7) is 12.4. The van der Waals surface area contributed by atoms with Crippen LogP contribution in [-0.2, 0) is 8.98 Å². The molecule has 2 unspecified atom stereocenters. The Kier molecular flexibility index (Phi) is 8.12. The Morgan fingerprint density at radius 3 is 3.00 bits per heavy atom. The van der Waals surface area contributed by atoms with E-state index in [0.717, 1.165) is 5.57 Å². The maximum atomic E-state index is 11.7. The van der Waals surface area contributed by atoms with E-state index in [1.165, 1.54) is 12.0 Å². The van der Waals surface area contributed by atoms with Gasteiger partial charge in [-0.2, -0.15) is 0 Å². The molecule has 0 saturated carbocycles. The van der Waals surface area contributed by atoms with Gasteiger partial charge in [-0.05, 0) is 13.3 Å². The van der Waals surface area contributed by atoms with Gasteiger partial charge in [0.1, 0.15) is 0 Å². The SMILES string of the molecule is C=C/C=C(C)\C=C\C1NC(CNC(=O)C(=C)CC)COS1. The summed E-state index contributed by atoms with van der Waals surface area (Å²) in [5, 5.41) is 6.36. The minimum absolute atomic E-state index is 0.0724. The van der Waals surface area contributed by atoms with Crippen LogP contribution in [0.1, 0.15) is 20.3 Å². The van der Waals surface area contributed by atoms with Gasteiger partial charge in [-0.1, -0.05) is 50.0 Å². The number of nitrogens with one attached hydrogen (secondary N) is 2. The molecule has 1 rings (SSSR count). The highest BCUT2D eigenvalue weighted by atomic mass is 32.2. The molecule has 1 heterocycles. The van der Waals surface area contributed by atoms with Gasteiger partial charge in [0.15, 0.2) is 0 Å². The monoisotopic (exact) mass is 308 g/mol. The van der Waals surface area contributed by atoms with Crippen LogP contribution in [0.5, 0.6) is 0 Å². The minimum Gasteiger partial charge on any atom is -0.351 e. The number of carbonyl (C=O) groups is 1. The van der Waals surface area contributed by atoms with E-state index >= 15 is 0 Å². The summed E-state index contributed by atoms with van der Waals surface area (Å²) in [6.07, 6.45) is 8.43. The standard InChI is InChI=1S/C16H24N2O2S/c1-5-7-12(3)8-9-15-18-14(11-20-21-15)10-17-16(19)13(4)6-2/h5,7-9,14-15,18H,1,4,6,10-11H2,2-3H3,(H,17,19)/b9-8+,12-7-. The second-order valence-electron chi connectivity index (χ2n) is 4.84. The molecule has 4 nitrogen and oxygen atoms in total. The molecule has 0 radical (unpaired) electrons. The highest BCUT2D eigenvalue weighted by Gasteiger charge is 2.21. The van der Waals surface area contributed by atoms with E-state index in [-0.39, 0.29) is 17.3 Å². The molecule has 116 valence electrons. The number of rotatable bonds is 7. The van der Waals surface area contributed by atoms with Gasteiger partial charge >= 0.3 is 0 Å². The van der Waals surface area contributed by atoms with E-state index in [1.807, 2.05) is 32.1 Å². The molecule has 0 bridgehead atoms. The Morgan fingerprint density at radius 1 is 1.57 bits per heavy atom. The van der Waals surface area contributed by atoms with E-state index in [1.54, 1.807) is 6.08 Å². The molecule has 0 aliphatic carbocycles. The number of hydrogen-bond donors (Lipinski definition) is 2. The fourth-order valence-electron chi connectivity index (χ4n) is 1.69. The maximum Gasteiger partial charge on any atom is 0.246 e. The van der Waals surface area contributed by atoms with Crippen LogP contribution in [0.3, 0.4) is 0 Å². The zero-order valence-electron chi connectivity index (χ0n) is 12.7. The predicted molar refractivity (Wildman–Crippen MR) is 89.8 cm³/mol. The molecule has 1 aliphatic rings. The van der Waals surface area contributed by atoms with Crippen molar-refractivity contribution in [2.24, 2.45) is 0 Å². The summed E-state index contributed by atoms with van der Waals surface area (Å²) in [6, 6.07) is 0.0956. The fourth-order valence-corrected chi connectivity index (χ4v) is 2.47. The predicted octanol–water partition coefficient (Wildman–Crippen LogP) is 2.72.